The van der Waals surface area contributed by atoms with Crippen molar-refractivity contribution in [3.05, 3.63) is 94.7 Å². The molecular weight excluding hydrogens is 536 g/mol. The van der Waals surface area contributed by atoms with Gasteiger partial charge in [0.25, 0.3) is 11.2 Å². The molecule has 2 aromatic carbocycles. The van der Waals surface area contributed by atoms with Gasteiger partial charge in [-0.2, -0.15) is 0 Å². The lowest BCUT2D eigenvalue weighted by Crippen LogP contribution is -2.40. The van der Waals surface area contributed by atoms with E-state index >= 15 is 0 Å². The summed E-state index contributed by atoms with van der Waals surface area (Å²) in [6.45, 7) is 5.92. The number of carbonyl (C=O) groups is 1. The van der Waals surface area contributed by atoms with E-state index in [1.807, 2.05) is 6.07 Å². The van der Waals surface area contributed by atoms with E-state index in [1.54, 1.807) is 51.3 Å². The fraction of sp³-hybridized carbons (Fsp3) is 0.321. The van der Waals surface area contributed by atoms with Gasteiger partial charge in [0.2, 0.25) is 0 Å². The molecule has 0 bridgehead atoms. The minimum Gasteiger partial charge on any atom is -0.497 e. The summed E-state index contributed by atoms with van der Waals surface area (Å²) in [7, 11) is 1.54. The van der Waals surface area contributed by atoms with Crippen molar-refractivity contribution >= 4 is 34.8 Å². The predicted octanol–water partition coefficient (Wildman–Crippen LogP) is 2.55. The van der Waals surface area contributed by atoms with Crippen LogP contribution < -0.4 is 24.5 Å². The maximum absolute atomic E-state index is 14.0. The number of aromatic nitrogens is 1. The molecule has 0 aliphatic carbocycles. The molecule has 1 fully saturated rings. The Morgan fingerprint density at radius 3 is 2.73 bits per heavy atom. The number of thiazole rings is 1. The largest absolute Gasteiger partial charge is 0.497 e. The molecule has 208 valence electrons. The number of nitrogens with zero attached hydrogens (tertiary/aromatic N) is 4. The van der Waals surface area contributed by atoms with E-state index in [0.717, 1.165) is 17.0 Å². The standard InChI is InChI=1S/C28H28N4O7S/c1-4-39-27(34)24-17(2)29-28-31(25(24)18-6-5-7-21(15-18)37-3)26(33)23(40-28)16-19-14-20(32(35)36)8-9-22(19)30-10-12-38-13-11-30/h5-9,14-16,25H,4,10-13H2,1-3H3/b23-16-/t25-/m0/s1. The number of methoxy groups -OCH3 is 1. The van der Waals surface area contributed by atoms with Crippen LogP contribution in [0.25, 0.3) is 6.08 Å². The van der Waals surface area contributed by atoms with Crippen molar-refractivity contribution in [2.45, 2.75) is 19.9 Å². The topological polar surface area (TPSA) is 126 Å². The first-order chi connectivity index (χ1) is 19.3. The number of allylic oxidation sites excluding steroid dienone is 1. The van der Waals surface area contributed by atoms with Crippen molar-refractivity contribution < 1.29 is 23.9 Å². The normalized spacial score (nSPS) is 17.3. The summed E-state index contributed by atoms with van der Waals surface area (Å²) in [5.41, 5.74) is 2.24. The molecule has 0 radical (unpaired) electrons. The number of nitro groups is 1. The molecular formula is C28H28N4O7S. The van der Waals surface area contributed by atoms with Crippen LogP contribution in [0.5, 0.6) is 5.75 Å². The zero-order valence-corrected chi connectivity index (χ0v) is 23.1. The van der Waals surface area contributed by atoms with Crippen LogP contribution >= 0.6 is 11.3 Å². The fourth-order valence-corrected chi connectivity index (χ4v) is 5.96. The lowest BCUT2D eigenvalue weighted by molar-refractivity contribution is -0.384. The third kappa shape index (κ3) is 5.15. The van der Waals surface area contributed by atoms with Crippen LogP contribution in [0.3, 0.4) is 0 Å². The number of nitro benzene ring substituents is 1. The van der Waals surface area contributed by atoms with Gasteiger partial charge >= 0.3 is 5.97 Å². The molecule has 3 heterocycles. The van der Waals surface area contributed by atoms with Gasteiger partial charge < -0.3 is 19.1 Å². The molecule has 12 heteroatoms. The molecule has 1 saturated heterocycles. The van der Waals surface area contributed by atoms with Gasteiger partial charge in [-0.1, -0.05) is 23.5 Å². The summed E-state index contributed by atoms with van der Waals surface area (Å²) in [6, 6.07) is 11.0. The molecule has 0 amide bonds. The molecule has 40 heavy (non-hydrogen) atoms. The molecule has 0 unspecified atom stereocenters. The highest BCUT2D eigenvalue weighted by atomic mass is 32.1. The summed E-state index contributed by atoms with van der Waals surface area (Å²) in [5.74, 6) is 0.0170. The van der Waals surface area contributed by atoms with Crippen LogP contribution in [0, 0.1) is 10.1 Å². The van der Waals surface area contributed by atoms with Gasteiger partial charge in [0, 0.05) is 36.5 Å². The maximum atomic E-state index is 14.0. The van der Waals surface area contributed by atoms with Crippen molar-refractivity contribution in [3.8, 4) is 5.75 Å². The monoisotopic (exact) mass is 564 g/mol. The summed E-state index contributed by atoms with van der Waals surface area (Å²) in [4.78, 5) is 45.3. The average molecular weight is 565 g/mol. The van der Waals surface area contributed by atoms with E-state index < -0.39 is 16.9 Å². The third-order valence-corrected chi connectivity index (χ3v) is 7.77. The van der Waals surface area contributed by atoms with Gasteiger partial charge in [0.15, 0.2) is 4.80 Å². The highest BCUT2D eigenvalue weighted by molar-refractivity contribution is 7.07. The SMILES string of the molecule is CCOC(=O)C1=C(C)N=c2s/c(=C\c3cc([N+](=O)[O-])ccc3N3CCOCC3)c(=O)n2[C@H]1c1cccc(OC)c1. The highest BCUT2D eigenvalue weighted by Gasteiger charge is 2.33. The van der Waals surface area contributed by atoms with Crippen LogP contribution in [0.4, 0.5) is 11.4 Å². The number of rotatable bonds is 7. The van der Waals surface area contributed by atoms with Gasteiger partial charge in [-0.25, -0.2) is 9.79 Å². The number of non-ortho nitro benzene ring substituents is 1. The Hall–Kier alpha value is -4.29. The van der Waals surface area contributed by atoms with Crippen LogP contribution in [-0.4, -0.2) is 55.5 Å². The Kier molecular flexibility index (Phi) is 7.81. The number of anilines is 1. The van der Waals surface area contributed by atoms with E-state index in [-0.39, 0.29) is 23.4 Å². The molecule has 2 aliphatic rings. The van der Waals surface area contributed by atoms with Gasteiger partial charge in [-0.05, 0) is 43.7 Å². The Labute approximate surface area is 233 Å². The Morgan fingerprint density at radius 1 is 1.25 bits per heavy atom. The number of esters is 1. The van der Waals surface area contributed by atoms with Crippen molar-refractivity contribution in [2.75, 3.05) is 44.9 Å². The lowest BCUT2D eigenvalue weighted by Gasteiger charge is -2.30. The van der Waals surface area contributed by atoms with Crippen LogP contribution in [-0.2, 0) is 14.3 Å². The number of fused-ring (bicyclic) bond motifs is 1. The Morgan fingerprint density at radius 2 is 2.02 bits per heavy atom. The molecule has 2 aliphatic heterocycles. The molecule has 5 rings (SSSR count). The first-order valence-electron chi connectivity index (χ1n) is 12.8. The van der Waals surface area contributed by atoms with Crippen molar-refractivity contribution in [2.24, 2.45) is 4.99 Å². The van der Waals surface area contributed by atoms with E-state index in [4.69, 9.17) is 14.2 Å². The number of ether oxygens (including phenoxy) is 3. The smallest absolute Gasteiger partial charge is 0.338 e. The summed E-state index contributed by atoms with van der Waals surface area (Å²) in [5, 5.41) is 11.6. The van der Waals surface area contributed by atoms with Crippen LogP contribution in [0.15, 0.2) is 63.5 Å². The van der Waals surface area contributed by atoms with E-state index in [1.165, 1.54) is 16.7 Å². The lowest BCUT2D eigenvalue weighted by atomic mass is 9.95. The predicted molar refractivity (Wildman–Crippen MR) is 150 cm³/mol. The second-order valence-corrected chi connectivity index (χ2v) is 10.2. The van der Waals surface area contributed by atoms with Crippen LogP contribution in [0.1, 0.15) is 31.0 Å². The average Bonchev–Trinajstić information content (AvgIpc) is 3.26. The van der Waals surface area contributed by atoms with Crippen LogP contribution in [0.2, 0.25) is 0 Å². The fourth-order valence-electron chi connectivity index (χ4n) is 4.92. The first kappa shape index (κ1) is 27.3. The molecule has 0 saturated carbocycles. The zero-order chi connectivity index (χ0) is 28.4. The van der Waals surface area contributed by atoms with E-state index in [0.29, 0.717) is 58.2 Å². The molecule has 1 atom stereocenters. The molecule has 0 N–H and O–H groups in total. The van der Waals surface area contributed by atoms with Crippen molar-refractivity contribution in [1.82, 2.24) is 4.57 Å². The third-order valence-electron chi connectivity index (χ3n) is 6.79. The summed E-state index contributed by atoms with van der Waals surface area (Å²) >= 11 is 1.16. The van der Waals surface area contributed by atoms with Gasteiger partial charge in [-0.15, -0.1) is 0 Å². The Bertz CT molecular complexity index is 1680. The van der Waals surface area contributed by atoms with Gasteiger partial charge in [0.05, 0.1) is 53.7 Å². The second kappa shape index (κ2) is 11.4. The van der Waals surface area contributed by atoms with Gasteiger partial charge in [-0.3, -0.25) is 19.5 Å². The first-order valence-corrected chi connectivity index (χ1v) is 13.6. The second-order valence-electron chi connectivity index (χ2n) is 9.18. The van der Waals surface area contributed by atoms with Crippen molar-refractivity contribution in [1.29, 1.82) is 0 Å². The Balaban J connectivity index is 1.72. The van der Waals surface area contributed by atoms with Crippen molar-refractivity contribution in [3.63, 3.8) is 0 Å². The zero-order valence-electron chi connectivity index (χ0n) is 22.3. The molecule has 3 aromatic rings. The quantitative estimate of drug-likeness (QED) is 0.244. The van der Waals surface area contributed by atoms with E-state index in [9.17, 15) is 19.7 Å². The maximum Gasteiger partial charge on any atom is 0.338 e. The number of hydrogen-bond acceptors (Lipinski definition) is 10. The minimum atomic E-state index is -0.795. The molecule has 0 spiro atoms. The van der Waals surface area contributed by atoms with Gasteiger partial charge in [0.1, 0.15) is 5.75 Å². The number of benzene rings is 2. The highest BCUT2D eigenvalue weighted by Crippen LogP contribution is 2.32. The number of morpholine rings is 1. The molecule has 11 nitrogen and oxygen atoms in total. The summed E-state index contributed by atoms with van der Waals surface area (Å²) in [6.07, 6.45) is 1.66. The van der Waals surface area contributed by atoms with E-state index in [2.05, 4.69) is 9.89 Å². The number of carbonyl (C=O) groups excluding carboxylic acids is 1. The molecule has 1 aromatic heterocycles. The number of hydrogen-bond donors (Lipinski definition) is 0. The summed E-state index contributed by atoms with van der Waals surface area (Å²) < 4.78 is 18.0. The minimum absolute atomic E-state index is 0.0780.